The predicted octanol–water partition coefficient (Wildman–Crippen LogP) is 8.55. The van der Waals surface area contributed by atoms with Gasteiger partial charge in [-0.2, -0.15) is 0 Å². The van der Waals surface area contributed by atoms with Crippen LogP contribution in [0.1, 0.15) is 51.4 Å². The van der Waals surface area contributed by atoms with Crippen LogP contribution in [0.15, 0.2) is 73.3 Å². The summed E-state index contributed by atoms with van der Waals surface area (Å²) in [5.74, 6) is -0.797. The molecule has 0 aromatic heterocycles. The summed E-state index contributed by atoms with van der Waals surface area (Å²) in [6, 6.07) is 17.2. The molecule has 0 radical (unpaired) electrons. The largest absolute Gasteiger partial charge is 0.494 e. The van der Waals surface area contributed by atoms with Crippen molar-refractivity contribution in [1.82, 2.24) is 0 Å². The van der Waals surface area contributed by atoms with Crippen molar-refractivity contribution in [3.8, 4) is 33.8 Å². The van der Waals surface area contributed by atoms with Gasteiger partial charge >= 0.3 is 5.97 Å². The molecule has 3 aromatic rings. The van der Waals surface area contributed by atoms with Gasteiger partial charge in [-0.3, -0.25) is 0 Å². The van der Waals surface area contributed by atoms with Crippen molar-refractivity contribution < 1.29 is 32.5 Å². The van der Waals surface area contributed by atoms with E-state index in [1.807, 2.05) is 0 Å². The zero-order valence-electron chi connectivity index (χ0n) is 23.8. The molecular weight excluding hydrogens is 526 g/mol. The molecule has 5 nitrogen and oxygen atoms in total. The molecule has 0 saturated heterocycles. The molecule has 41 heavy (non-hydrogen) atoms. The Labute approximate surface area is 242 Å². The summed E-state index contributed by atoms with van der Waals surface area (Å²) in [5, 5.41) is 0. The van der Waals surface area contributed by atoms with Crippen molar-refractivity contribution in [2.24, 2.45) is 0 Å². The first kappa shape index (κ1) is 31.8. The molecule has 220 valence electrons. The van der Waals surface area contributed by atoms with E-state index in [4.69, 9.17) is 18.9 Å². The molecule has 0 fully saturated rings. The number of carbonyl (C=O) groups is 1. The fourth-order valence-corrected chi connectivity index (χ4v) is 4.33. The number of unbranched alkanes of at least 4 members (excludes halogenated alkanes) is 6. The van der Waals surface area contributed by atoms with E-state index in [1.165, 1.54) is 0 Å². The number of halogens is 2. The van der Waals surface area contributed by atoms with Crippen LogP contribution < -0.4 is 9.47 Å². The minimum atomic E-state index is -0.885. The van der Waals surface area contributed by atoms with Gasteiger partial charge in [-0.15, -0.1) is 0 Å². The fourth-order valence-electron chi connectivity index (χ4n) is 4.33. The maximum absolute atomic E-state index is 15.1. The second kappa shape index (κ2) is 17.9. The van der Waals surface area contributed by atoms with Crippen LogP contribution in [-0.4, -0.2) is 39.5 Å². The standard InChI is InChI=1S/C34H40F2O5/c1-3-32(37)41-25-11-7-6-10-24-40-29-18-14-27(15-19-29)31-21-20-30(33(35)34(31)36)26-12-16-28(17-13-26)39-23-9-5-4-8-22-38-2/h3,12-21H,1,4-11,22-25H2,2H3. The van der Waals surface area contributed by atoms with E-state index in [9.17, 15) is 4.79 Å². The lowest BCUT2D eigenvalue weighted by molar-refractivity contribution is -0.137. The highest BCUT2D eigenvalue weighted by molar-refractivity contribution is 5.81. The molecule has 0 aliphatic heterocycles. The van der Waals surface area contributed by atoms with Gasteiger partial charge in [0, 0.05) is 30.9 Å². The fraction of sp³-hybridized carbons (Fsp3) is 0.382. The molecule has 0 heterocycles. The molecule has 0 aliphatic rings. The van der Waals surface area contributed by atoms with Gasteiger partial charge in [-0.25, -0.2) is 13.6 Å². The van der Waals surface area contributed by atoms with Crippen LogP contribution in [0.3, 0.4) is 0 Å². The Morgan fingerprint density at radius 1 is 0.634 bits per heavy atom. The van der Waals surface area contributed by atoms with Gasteiger partial charge in [0.15, 0.2) is 11.6 Å². The SMILES string of the molecule is C=CC(=O)OCCCCCCOc1ccc(-c2ccc(-c3ccc(OCCCCCCOC)cc3)c(F)c2F)cc1. The van der Waals surface area contributed by atoms with Gasteiger partial charge in [0.25, 0.3) is 0 Å². The molecule has 0 atom stereocenters. The smallest absolute Gasteiger partial charge is 0.330 e. The van der Waals surface area contributed by atoms with Crippen LogP contribution in [-0.2, 0) is 14.3 Å². The van der Waals surface area contributed by atoms with E-state index in [1.54, 1.807) is 67.8 Å². The molecule has 0 amide bonds. The number of hydrogen-bond donors (Lipinski definition) is 0. The zero-order chi connectivity index (χ0) is 29.3. The molecule has 0 bridgehead atoms. The third-order valence-electron chi connectivity index (χ3n) is 6.64. The molecule has 7 heteroatoms. The number of rotatable bonds is 19. The first-order chi connectivity index (χ1) is 20.0. The topological polar surface area (TPSA) is 54.0 Å². The average Bonchev–Trinajstić information content (AvgIpc) is 3.00. The minimum absolute atomic E-state index is 0.195. The molecule has 0 saturated carbocycles. The normalized spacial score (nSPS) is 10.8. The molecular formula is C34H40F2O5. The summed E-state index contributed by atoms with van der Waals surface area (Å²) in [4.78, 5) is 11.0. The van der Waals surface area contributed by atoms with Crippen LogP contribution >= 0.6 is 0 Å². The van der Waals surface area contributed by atoms with Crippen molar-refractivity contribution in [3.05, 3.63) is 85.0 Å². The third-order valence-corrected chi connectivity index (χ3v) is 6.64. The maximum Gasteiger partial charge on any atom is 0.330 e. The summed E-state index contributed by atoms with van der Waals surface area (Å²) in [7, 11) is 1.71. The zero-order valence-corrected chi connectivity index (χ0v) is 23.8. The van der Waals surface area contributed by atoms with Gasteiger partial charge in [0.05, 0.1) is 19.8 Å². The van der Waals surface area contributed by atoms with Crippen molar-refractivity contribution in [3.63, 3.8) is 0 Å². The van der Waals surface area contributed by atoms with Crippen LogP contribution in [0.4, 0.5) is 8.78 Å². The Bertz CT molecular complexity index is 1210. The number of carbonyl (C=O) groups excluding carboxylic acids is 1. The maximum atomic E-state index is 15.1. The molecule has 0 unspecified atom stereocenters. The van der Waals surface area contributed by atoms with E-state index >= 15 is 8.78 Å². The van der Waals surface area contributed by atoms with E-state index in [2.05, 4.69) is 6.58 Å². The van der Waals surface area contributed by atoms with Crippen molar-refractivity contribution in [2.75, 3.05) is 33.5 Å². The van der Waals surface area contributed by atoms with Gasteiger partial charge in [-0.1, -0.05) is 49.4 Å². The predicted molar refractivity (Wildman–Crippen MR) is 158 cm³/mol. The Morgan fingerprint density at radius 2 is 1.05 bits per heavy atom. The Morgan fingerprint density at radius 3 is 1.46 bits per heavy atom. The van der Waals surface area contributed by atoms with Crippen molar-refractivity contribution in [1.29, 1.82) is 0 Å². The van der Waals surface area contributed by atoms with Gasteiger partial charge in [-0.05, 0) is 80.3 Å². The second-order valence-electron chi connectivity index (χ2n) is 9.73. The Balaban J connectivity index is 1.46. The van der Waals surface area contributed by atoms with Crippen LogP contribution in [0.2, 0.25) is 0 Å². The summed E-state index contributed by atoms with van der Waals surface area (Å²) < 4.78 is 51.7. The van der Waals surface area contributed by atoms with E-state index in [-0.39, 0.29) is 11.1 Å². The number of esters is 1. The first-order valence-corrected chi connectivity index (χ1v) is 14.3. The van der Waals surface area contributed by atoms with Crippen LogP contribution in [0.25, 0.3) is 22.3 Å². The lowest BCUT2D eigenvalue weighted by Gasteiger charge is -2.11. The van der Waals surface area contributed by atoms with E-state index in [0.29, 0.717) is 42.4 Å². The summed E-state index contributed by atoms with van der Waals surface area (Å²) in [6.45, 7) is 5.69. The summed E-state index contributed by atoms with van der Waals surface area (Å²) in [5.41, 5.74) is 1.55. The molecule has 0 N–H and O–H groups in total. The lowest BCUT2D eigenvalue weighted by Crippen LogP contribution is -2.02. The average molecular weight is 567 g/mol. The molecule has 3 aromatic carbocycles. The highest BCUT2D eigenvalue weighted by atomic mass is 19.2. The highest BCUT2D eigenvalue weighted by Crippen LogP contribution is 2.33. The monoisotopic (exact) mass is 566 g/mol. The summed E-state index contributed by atoms with van der Waals surface area (Å²) >= 11 is 0. The van der Waals surface area contributed by atoms with Crippen LogP contribution in [0.5, 0.6) is 11.5 Å². The highest BCUT2D eigenvalue weighted by Gasteiger charge is 2.16. The number of methoxy groups -OCH3 is 1. The Kier molecular flexibility index (Phi) is 13.9. The van der Waals surface area contributed by atoms with Crippen molar-refractivity contribution >= 4 is 5.97 Å². The number of ether oxygens (including phenoxy) is 4. The van der Waals surface area contributed by atoms with E-state index in [0.717, 1.165) is 64.0 Å². The molecule has 0 aliphatic carbocycles. The number of benzene rings is 3. The quantitative estimate of drug-likeness (QED) is 0.0827. The summed E-state index contributed by atoms with van der Waals surface area (Å²) in [6.07, 6.45) is 8.89. The second-order valence-corrected chi connectivity index (χ2v) is 9.73. The first-order valence-electron chi connectivity index (χ1n) is 14.3. The van der Waals surface area contributed by atoms with Crippen LogP contribution in [0, 0.1) is 11.6 Å². The van der Waals surface area contributed by atoms with Gasteiger partial charge in [0.1, 0.15) is 11.5 Å². The third kappa shape index (κ3) is 10.7. The van der Waals surface area contributed by atoms with E-state index < -0.39 is 17.6 Å². The lowest BCUT2D eigenvalue weighted by atomic mass is 9.98. The van der Waals surface area contributed by atoms with Gasteiger partial charge < -0.3 is 18.9 Å². The Hall–Kier alpha value is -3.71. The number of hydrogen-bond acceptors (Lipinski definition) is 5. The van der Waals surface area contributed by atoms with Crippen molar-refractivity contribution in [2.45, 2.75) is 51.4 Å². The minimum Gasteiger partial charge on any atom is -0.494 e. The molecule has 3 rings (SSSR count). The molecule has 0 spiro atoms. The van der Waals surface area contributed by atoms with Gasteiger partial charge in [0.2, 0.25) is 0 Å².